The fourth-order valence-electron chi connectivity index (χ4n) is 4.08. The maximum absolute atomic E-state index is 10.5. The molecule has 21 heavy (non-hydrogen) atoms. The smallest absolute Gasteiger partial charge is 0.124 e. The van der Waals surface area contributed by atoms with Crippen LogP contribution in [0.3, 0.4) is 0 Å². The van der Waals surface area contributed by atoms with Crippen molar-refractivity contribution in [2.45, 2.75) is 24.2 Å². The molecule has 0 radical (unpaired) electrons. The number of allylic oxidation sites excluding steroid dienone is 2. The van der Waals surface area contributed by atoms with E-state index in [4.69, 9.17) is 0 Å². The monoisotopic (exact) mass is 277 g/mol. The van der Waals surface area contributed by atoms with Crippen molar-refractivity contribution >= 4 is 11.4 Å². The Morgan fingerprint density at radius 1 is 1.10 bits per heavy atom. The molecule has 2 aromatic rings. The van der Waals surface area contributed by atoms with Crippen LogP contribution in [0.1, 0.15) is 35.4 Å². The zero-order chi connectivity index (χ0) is 14.2. The molecule has 2 atom stereocenters. The molecule has 2 aromatic carbocycles. The van der Waals surface area contributed by atoms with Crippen LogP contribution in [0.15, 0.2) is 42.5 Å². The van der Waals surface area contributed by atoms with Gasteiger partial charge in [-0.2, -0.15) is 0 Å². The summed E-state index contributed by atoms with van der Waals surface area (Å²) in [5.41, 5.74) is 5.44. The Morgan fingerprint density at radius 2 is 1.90 bits per heavy atom. The van der Waals surface area contributed by atoms with Crippen molar-refractivity contribution in [3.05, 3.63) is 59.2 Å². The van der Waals surface area contributed by atoms with Crippen LogP contribution >= 0.6 is 0 Å². The number of fused-ring (bicyclic) bond motifs is 1. The average Bonchev–Trinajstić information content (AvgIpc) is 3.14. The number of hydrogen-bond donors (Lipinski definition) is 3. The highest BCUT2D eigenvalue weighted by Gasteiger charge is 2.57. The summed E-state index contributed by atoms with van der Waals surface area (Å²) in [5, 5.41) is 23.3. The van der Waals surface area contributed by atoms with Crippen LogP contribution in [0.5, 0.6) is 11.5 Å². The summed E-state index contributed by atoms with van der Waals surface area (Å²) in [4.78, 5) is 0. The molecule has 0 fully saturated rings. The summed E-state index contributed by atoms with van der Waals surface area (Å²) < 4.78 is 0. The normalized spacial score (nSPS) is 26.6. The Balaban J connectivity index is 1.64. The topological polar surface area (TPSA) is 52.5 Å². The molecule has 0 aromatic heterocycles. The lowest BCUT2D eigenvalue weighted by atomic mass is 9.81. The summed E-state index contributed by atoms with van der Waals surface area (Å²) in [6.45, 7) is 0. The van der Waals surface area contributed by atoms with E-state index < -0.39 is 0 Å². The first-order chi connectivity index (χ1) is 10.2. The maximum Gasteiger partial charge on any atom is 0.124 e. The van der Waals surface area contributed by atoms with Crippen molar-refractivity contribution in [3.63, 3.8) is 0 Å². The van der Waals surface area contributed by atoms with Crippen LogP contribution in [0.4, 0.5) is 11.4 Å². The first kappa shape index (κ1) is 11.3. The Bertz CT molecular complexity index is 803. The molecule has 3 heteroatoms. The van der Waals surface area contributed by atoms with E-state index in [1.807, 2.05) is 12.1 Å². The van der Waals surface area contributed by atoms with E-state index in [0.29, 0.717) is 11.7 Å². The minimum atomic E-state index is -0.0193. The summed E-state index contributed by atoms with van der Waals surface area (Å²) >= 11 is 0. The molecule has 4 bridgehead atoms. The minimum Gasteiger partial charge on any atom is -0.508 e. The highest BCUT2D eigenvalue weighted by atomic mass is 16.3. The van der Waals surface area contributed by atoms with Crippen molar-refractivity contribution < 1.29 is 10.2 Å². The fraction of sp³-hybridized carbons (Fsp3) is 0.222. The van der Waals surface area contributed by atoms with Crippen LogP contribution in [-0.4, -0.2) is 10.2 Å². The number of hydrogen-bond acceptors (Lipinski definition) is 3. The molecule has 0 heterocycles. The standard InChI is InChI=1S/C18H15NO2/c20-12-3-1-11(2-4-12)19-14-9-13-10-5-7-18(8-6-10)15(14)16(18)17(13)21/h1-5,7,9-10,19-21H,6,8H2. The average molecular weight is 277 g/mol. The van der Waals surface area contributed by atoms with Gasteiger partial charge in [0.15, 0.2) is 0 Å². The molecular weight excluding hydrogens is 262 g/mol. The molecule has 0 saturated heterocycles. The predicted molar refractivity (Wildman–Crippen MR) is 81.4 cm³/mol. The van der Waals surface area contributed by atoms with Gasteiger partial charge >= 0.3 is 0 Å². The van der Waals surface area contributed by atoms with E-state index >= 15 is 0 Å². The molecule has 4 aliphatic rings. The summed E-state index contributed by atoms with van der Waals surface area (Å²) in [7, 11) is 0. The Morgan fingerprint density at radius 3 is 2.62 bits per heavy atom. The van der Waals surface area contributed by atoms with Crippen molar-refractivity contribution in [1.82, 2.24) is 0 Å². The van der Waals surface area contributed by atoms with Crippen LogP contribution < -0.4 is 5.32 Å². The molecular formula is C18H15NO2. The van der Waals surface area contributed by atoms with Crippen molar-refractivity contribution in [1.29, 1.82) is 0 Å². The second-order valence-electron chi connectivity index (χ2n) is 6.26. The molecule has 0 saturated carbocycles. The number of nitrogens with one attached hydrogen (secondary N) is 1. The van der Waals surface area contributed by atoms with Crippen molar-refractivity contribution in [2.75, 3.05) is 5.32 Å². The van der Waals surface area contributed by atoms with Crippen LogP contribution in [0.25, 0.3) is 0 Å². The van der Waals surface area contributed by atoms with Gasteiger partial charge in [0.25, 0.3) is 0 Å². The first-order valence-electron chi connectivity index (χ1n) is 7.35. The third kappa shape index (κ3) is 1.29. The van der Waals surface area contributed by atoms with Gasteiger partial charge in [0.2, 0.25) is 0 Å². The van der Waals surface area contributed by atoms with Gasteiger partial charge in [-0.1, -0.05) is 12.2 Å². The quantitative estimate of drug-likeness (QED) is 0.576. The molecule has 1 spiro atoms. The van der Waals surface area contributed by atoms with Crippen LogP contribution in [-0.2, 0) is 5.41 Å². The van der Waals surface area contributed by atoms with Gasteiger partial charge in [-0.3, -0.25) is 0 Å². The van der Waals surface area contributed by atoms with Crippen molar-refractivity contribution in [2.24, 2.45) is 0 Å². The van der Waals surface area contributed by atoms with E-state index in [-0.39, 0.29) is 11.2 Å². The fourth-order valence-corrected chi connectivity index (χ4v) is 4.08. The molecule has 104 valence electrons. The second kappa shape index (κ2) is 3.42. The third-order valence-electron chi connectivity index (χ3n) is 5.17. The third-order valence-corrected chi connectivity index (χ3v) is 5.17. The van der Waals surface area contributed by atoms with Crippen molar-refractivity contribution in [3.8, 4) is 11.5 Å². The molecule has 0 amide bonds. The van der Waals surface area contributed by atoms with Gasteiger partial charge < -0.3 is 15.5 Å². The zero-order valence-corrected chi connectivity index (χ0v) is 11.4. The van der Waals surface area contributed by atoms with E-state index in [1.54, 1.807) is 12.1 Å². The molecule has 3 N–H and O–H groups in total. The Labute approximate surface area is 122 Å². The predicted octanol–water partition coefficient (Wildman–Crippen LogP) is 3.89. The molecule has 2 unspecified atom stereocenters. The van der Waals surface area contributed by atoms with Gasteiger partial charge in [0.1, 0.15) is 11.5 Å². The second-order valence-corrected chi connectivity index (χ2v) is 6.26. The highest BCUT2D eigenvalue weighted by molar-refractivity contribution is 5.86. The molecule has 4 aliphatic carbocycles. The lowest BCUT2D eigenvalue weighted by Gasteiger charge is -2.24. The van der Waals surface area contributed by atoms with Gasteiger partial charge in [-0.25, -0.2) is 0 Å². The number of aromatic hydroxyl groups is 2. The van der Waals surface area contributed by atoms with Gasteiger partial charge in [0, 0.05) is 33.8 Å². The number of rotatable bonds is 2. The lowest BCUT2D eigenvalue weighted by Crippen LogP contribution is -2.13. The summed E-state index contributed by atoms with van der Waals surface area (Å²) in [5.74, 6) is 1.12. The van der Waals surface area contributed by atoms with Crippen LogP contribution in [0.2, 0.25) is 0 Å². The van der Waals surface area contributed by atoms with E-state index in [9.17, 15) is 10.2 Å². The number of anilines is 2. The largest absolute Gasteiger partial charge is 0.508 e. The number of phenols is 2. The van der Waals surface area contributed by atoms with Crippen LogP contribution in [0, 0.1) is 0 Å². The maximum atomic E-state index is 10.5. The number of phenolic OH excluding ortho intramolecular Hbond substituents is 2. The molecule has 6 rings (SSSR count). The summed E-state index contributed by atoms with van der Waals surface area (Å²) in [6, 6.07) is 9.17. The Hall–Kier alpha value is -2.42. The Kier molecular flexibility index (Phi) is 1.84. The summed E-state index contributed by atoms with van der Waals surface area (Å²) in [6.07, 6.45) is 6.75. The number of benzene rings is 2. The molecule has 0 aliphatic heterocycles. The molecule has 3 nitrogen and oxygen atoms in total. The highest BCUT2D eigenvalue weighted by Crippen LogP contribution is 2.68. The lowest BCUT2D eigenvalue weighted by molar-refractivity contribution is 0.466. The minimum absolute atomic E-state index is 0.0193. The van der Waals surface area contributed by atoms with Gasteiger partial charge in [-0.15, -0.1) is 0 Å². The van der Waals surface area contributed by atoms with E-state index in [0.717, 1.165) is 35.3 Å². The zero-order valence-electron chi connectivity index (χ0n) is 11.4. The van der Waals surface area contributed by atoms with Gasteiger partial charge in [-0.05, 0) is 48.7 Å². The van der Waals surface area contributed by atoms with E-state index in [1.165, 1.54) is 5.56 Å². The van der Waals surface area contributed by atoms with E-state index in [2.05, 4.69) is 23.5 Å². The SMILES string of the molecule is Oc1ccc(Nc2cc3c(O)c4c2C42C=CC3CC2)cc1. The van der Waals surface area contributed by atoms with Gasteiger partial charge in [0.05, 0.1) is 0 Å². The first-order valence-corrected chi connectivity index (χ1v) is 7.35.